The lowest BCUT2D eigenvalue weighted by Crippen LogP contribution is -2.35. The maximum atomic E-state index is 11.6. The summed E-state index contributed by atoms with van der Waals surface area (Å²) >= 11 is 11.7. The fraction of sp³-hybridized carbons (Fsp3) is 0.364. The number of nitrogens with one attached hydrogen (secondary N) is 1. The molecule has 0 fully saturated rings. The van der Waals surface area contributed by atoms with E-state index in [9.17, 15) is 4.79 Å². The van der Waals surface area contributed by atoms with Crippen molar-refractivity contribution in [1.82, 2.24) is 0 Å². The molecule has 0 spiro atoms. The normalized spacial score (nSPS) is 12.2. The molecule has 0 saturated carbocycles. The number of hydrogen-bond donors (Lipinski definition) is 2. The van der Waals surface area contributed by atoms with E-state index >= 15 is 0 Å². The Balaban J connectivity index is 2.69. The van der Waals surface area contributed by atoms with Crippen molar-refractivity contribution < 1.29 is 4.79 Å². The van der Waals surface area contributed by atoms with Gasteiger partial charge in [0.25, 0.3) is 0 Å². The SMILES string of the molecule is CCCC(N)C(=O)Nc1ccc(Cl)cc1Cl. The lowest BCUT2D eigenvalue weighted by molar-refractivity contribution is -0.117. The summed E-state index contributed by atoms with van der Waals surface area (Å²) in [6, 6.07) is 4.39. The van der Waals surface area contributed by atoms with Gasteiger partial charge in [-0.05, 0) is 24.6 Å². The minimum atomic E-state index is -0.503. The zero-order valence-corrected chi connectivity index (χ0v) is 10.5. The molecule has 0 bridgehead atoms. The predicted molar refractivity (Wildman–Crippen MR) is 68.0 cm³/mol. The van der Waals surface area contributed by atoms with Gasteiger partial charge in [-0.3, -0.25) is 4.79 Å². The van der Waals surface area contributed by atoms with E-state index < -0.39 is 6.04 Å². The molecule has 88 valence electrons. The Hall–Kier alpha value is -0.770. The summed E-state index contributed by atoms with van der Waals surface area (Å²) in [6.07, 6.45) is 1.51. The first-order valence-electron chi connectivity index (χ1n) is 5.06. The van der Waals surface area contributed by atoms with E-state index in [0.717, 1.165) is 6.42 Å². The predicted octanol–water partition coefficient (Wildman–Crippen LogP) is 3.06. The number of benzene rings is 1. The molecule has 5 heteroatoms. The first kappa shape index (κ1) is 13.3. The highest BCUT2D eigenvalue weighted by Gasteiger charge is 2.13. The van der Waals surface area contributed by atoms with Crippen LogP contribution in [0.2, 0.25) is 10.0 Å². The molecule has 1 atom stereocenters. The van der Waals surface area contributed by atoms with Crippen molar-refractivity contribution in [2.75, 3.05) is 5.32 Å². The summed E-state index contributed by atoms with van der Waals surface area (Å²) in [7, 11) is 0. The highest BCUT2D eigenvalue weighted by Crippen LogP contribution is 2.25. The third kappa shape index (κ3) is 3.67. The third-order valence-electron chi connectivity index (χ3n) is 2.13. The van der Waals surface area contributed by atoms with Crippen molar-refractivity contribution in [3.8, 4) is 0 Å². The van der Waals surface area contributed by atoms with Gasteiger partial charge in [-0.2, -0.15) is 0 Å². The molecule has 1 aromatic rings. The molecule has 0 heterocycles. The van der Waals surface area contributed by atoms with Gasteiger partial charge in [0.05, 0.1) is 16.8 Å². The van der Waals surface area contributed by atoms with Crippen molar-refractivity contribution in [3.05, 3.63) is 28.2 Å². The Morgan fingerprint density at radius 3 is 2.75 bits per heavy atom. The van der Waals surface area contributed by atoms with Gasteiger partial charge in [0, 0.05) is 5.02 Å². The van der Waals surface area contributed by atoms with Crippen LogP contribution in [0.15, 0.2) is 18.2 Å². The van der Waals surface area contributed by atoms with E-state index in [0.29, 0.717) is 22.2 Å². The summed E-state index contributed by atoms with van der Waals surface area (Å²) in [5, 5.41) is 3.60. The Morgan fingerprint density at radius 1 is 1.50 bits per heavy atom. The topological polar surface area (TPSA) is 55.1 Å². The molecule has 0 aromatic heterocycles. The van der Waals surface area contributed by atoms with Gasteiger partial charge in [-0.15, -0.1) is 0 Å². The molecule has 3 nitrogen and oxygen atoms in total. The van der Waals surface area contributed by atoms with Crippen molar-refractivity contribution in [3.63, 3.8) is 0 Å². The highest BCUT2D eigenvalue weighted by atomic mass is 35.5. The zero-order chi connectivity index (χ0) is 12.1. The molecule has 1 rings (SSSR count). The highest BCUT2D eigenvalue weighted by molar-refractivity contribution is 6.36. The fourth-order valence-electron chi connectivity index (χ4n) is 1.26. The lowest BCUT2D eigenvalue weighted by atomic mass is 10.1. The van der Waals surface area contributed by atoms with E-state index in [1.54, 1.807) is 18.2 Å². The molecule has 1 aromatic carbocycles. The molecule has 0 saturated heterocycles. The smallest absolute Gasteiger partial charge is 0.241 e. The van der Waals surface area contributed by atoms with Crippen LogP contribution in [-0.2, 0) is 4.79 Å². The van der Waals surface area contributed by atoms with Crippen LogP contribution in [0.3, 0.4) is 0 Å². The van der Waals surface area contributed by atoms with E-state index in [-0.39, 0.29) is 5.91 Å². The number of carbonyl (C=O) groups is 1. The molecule has 1 amide bonds. The van der Waals surface area contributed by atoms with Crippen LogP contribution in [0.25, 0.3) is 0 Å². The molecule has 0 radical (unpaired) electrons. The third-order valence-corrected chi connectivity index (χ3v) is 2.67. The fourth-order valence-corrected chi connectivity index (χ4v) is 1.71. The average molecular weight is 261 g/mol. The second kappa shape index (κ2) is 6.09. The second-order valence-corrected chi connectivity index (χ2v) is 4.35. The summed E-state index contributed by atoms with van der Waals surface area (Å²) in [5.41, 5.74) is 6.20. The molecule has 1 unspecified atom stereocenters. The van der Waals surface area contributed by atoms with Crippen molar-refractivity contribution >= 4 is 34.8 Å². The first-order valence-corrected chi connectivity index (χ1v) is 5.81. The monoisotopic (exact) mass is 260 g/mol. The average Bonchev–Trinajstić information content (AvgIpc) is 2.22. The van der Waals surface area contributed by atoms with Crippen molar-refractivity contribution in [2.45, 2.75) is 25.8 Å². The summed E-state index contributed by atoms with van der Waals surface area (Å²) in [6.45, 7) is 1.97. The van der Waals surface area contributed by atoms with Crippen LogP contribution in [0.1, 0.15) is 19.8 Å². The van der Waals surface area contributed by atoms with Gasteiger partial charge in [-0.25, -0.2) is 0 Å². The first-order chi connectivity index (χ1) is 7.54. The standard InChI is InChI=1S/C11H14Cl2N2O/c1-2-3-9(14)11(16)15-10-5-4-7(12)6-8(10)13/h4-6,9H,2-3,14H2,1H3,(H,15,16). The molecule has 3 N–H and O–H groups in total. The largest absolute Gasteiger partial charge is 0.323 e. The van der Waals surface area contributed by atoms with E-state index in [1.807, 2.05) is 6.92 Å². The zero-order valence-electron chi connectivity index (χ0n) is 8.97. The maximum Gasteiger partial charge on any atom is 0.241 e. The number of rotatable bonds is 4. The van der Waals surface area contributed by atoms with Crippen molar-refractivity contribution in [1.29, 1.82) is 0 Å². The Kier molecular flexibility index (Phi) is 5.06. The van der Waals surface area contributed by atoms with E-state index in [2.05, 4.69) is 5.32 Å². The minimum Gasteiger partial charge on any atom is -0.323 e. The number of nitrogens with two attached hydrogens (primary N) is 1. The van der Waals surface area contributed by atoms with Gasteiger partial charge in [0.15, 0.2) is 0 Å². The molecular weight excluding hydrogens is 247 g/mol. The van der Waals surface area contributed by atoms with Gasteiger partial charge in [0.1, 0.15) is 0 Å². The Labute approximate surface area is 105 Å². The molecular formula is C11H14Cl2N2O. The van der Waals surface area contributed by atoms with Crippen LogP contribution in [0, 0.1) is 0 Å². The van der Waals surface area contributed by atoms with Crippen LogP contribution >= 0.6 is 23.2 Å². The van der Waals surface area contributed by atoms with Gasteiger partial charge < -0.3 is 11.1 Å². The summed E-state index contributed by atoms with van der Waals surface area (Å²) < 4.78 is 0. The maximum absolute atomic E-state index is 11.6. The number of hydrogen-bond acceptors (Lipinski definition) is 2. The lowest BCUT2D eigenvalue weighted by Gasteiger charge is -2.12. The van der Waals surface area contributed by atoms with Crippen molar-refractivity contribution in [2.24, 2.45) is 5.73 Å². The van der Waals surface area contributed by atoms with Gasteiger partial charge in [0.2, 0.25) is 5.91 Å². The van der Waals surface area contributed by atoms with Crippen LogP contribution < -0.4 is 11.1 Å². The Morgan fingerprint density at radius 2 is 2.19 bits per heavy atom. The number of anilines is 1. The van der Waals surface area contributed by atoms with Crippen LogP contribution in [0.4, 0.5) is 5.69 Å². The molecule has 16 heavy (non-hydrogen) atoms. The van der Waals surface area contributed by atoms with E-state index in [1.165, 1.54) is 0 Å². The van der Waals surface area contributed by atoms with Crippen LogP contribution in [0.5, 0.6) is 0 Å². The van der Waals surface area contributed by atoms with E-state index in [4.69, 9.17) is 28.9 Å². The number of amides is 1. The Bertz CT molecular complexity index is 382. The number of carbonyl (C=O) groups excluding carboxylic acids is 1. The summed E-state index contributed by atoms with van der Waals surface area (Å²) in [4.78, 5) is 11.6. The van der Waals surface area contributed by atoms with Gasteiger partial charge >= 0.3 is 0 Å². The van der Waals surface area contributed by atoms with Crippen LogP contribution in [-0.4, -0.2) is 11.9 Å². The molecule has 0 aliphatic heterocycles. The molecule has 0 aliphatic rings. The molecule has 0 aliphatic carbocycles. The number of halogens is 2. The van der Waals surface area contributed by atoms with Gasteiger partial charge in [-0.1, -0.05) is 36.5 Å². The summed E-state index contributed by atoms with van der Waals surface area (Å²) in [5.74, 6) is -0.230. The second-order valence-electron chi connectivity index (χ2n) is 3.51. The quantitative estimate of drug-likeness (QED) is 0.875. The minimum absolute atomic E-state index is 0.230.